The van der Waals surface area contributed by atoms with E-state index in [1.54, 1.807) is 0 Å². The molecule has 2 aromatic heterocycles. The zero-order valence-electron chi connectivity index (χ0n) is 17.7. The first-order valence-electron chi connectivity index (χ1n) is 11.0. The Hall–Kier alpha value is -4.08. The Labute approximate surface area is 194 Å². The summed E-state index contributed by atoms with van der Waals surface area (Å²) in [6.07, 6.45) is 0. The lowest BCUT2D eigenvalue weighted by Crippen LogP contribution is -1.91. The minimum absolute atomic E-state index is 0.891. The molecule has 3 heteroatoms. The Morgan fingerprint density at radius 2 is 1.27 bits per heavy atom. The molecule has 33 heavy (non-hydrogen) atoms. The van der Waals surface area contributed by atoms with Crippen molar-refractivity contribution in [3.63, 3.8) is 0 Å². The monoisotopic (exact) mass is 441 g/mol. The van der Waals surface area contributed by atoms with Crippen molar-refractivity contribution < 1.29 is 4.42 Å². The van der Waals surface area contributed by atoms with Crippen LogP contribution in [0.5, 0.6) is 0 Å². The van der Waals surface area contributed by atoms with E-state index in [-0.39, 0.29) is 0 Å². The topological polar surface area (TPSA) is 25.2 Å². The van der Waals surface area contributed by atoms with E-state index >= 15 is 0 Å². The van der Waals surface area contributed by atoms with Gasteiger partial charge < -0.3 is 9.73 Å². The van der Waals surface area contributed by atoms with Gasteiger partial charge >= 0.3 is 0 Å². The molecular formula is C30H19NOS. The van der Waals surface area contributed by atoms with Gasteiger partial charge in [-0.05, 0) is 53.6 Å². The van der Waals surface area contributed by atoms with Gasteiger partial charge in [0.05, 0.1) is 11.1 Å². The van der Waals surface area contributed by atoms with E-state index in [1.165, 1.54) is 31.3 Å². The normalized spacial score (nSPS) is 11.6. The van der Waals surface area contributed by atoms with Crippen molar-refractivity contribution in [2.75, 3.05) is 5.32 Å². The molecule has 0 aliphatic carbocycles. The fraction of sp³-hybridized carbons (Fsp3) is 0. The van der Waals surface area contributed by atoms with Crippen LogP contribution in [-0.4, -0.2) is 0 Å². The fourth-order valence-electron chi connectivity index (χ4n) is 4.77. The standard InChI is InChI=1S/C30H19NOS/c1-2-8-19(9-3-1)20-16-17-25-22(18-20)29-23(11-6-13-26(29)32-25)31-24-12-7-15-28-30(24)21-10-4-5-14-27(21)33-28/h1-18,31H. The molecule has 0 saturated carbocycles. The second-order valence-electron chi connectivity index (χ2n) is 8.26. The summed E-state index contributed by atoms with van der Waals surface area (Å²) in [5.74, 6) is 0. The number of rotatable bonds is 3. The number of hydrogen-bond acceptors (Lipinski definition) is 3. The average molecular weight is 442 g/mol. The SMILES string of the molecule is c1ccc(-c2ccc3oc4cccc(Nc5cccc6sc7ccccc7c56)c4c3c2)cc1. The van der Waals surface area contributed by atoms with Gasteiger partial charge in [-0.2, -0.15) is 0 Å². The van der Waals surface area contributed by atoms with E-state index in [0.717, 1.165) is 33.3 Å². The third-order valence-corrected chi connectivity index (χ3v) is 7.41. The number of benzene rings is 5. The second-order valence-corrected chi connectivity index (χ2v) is 9.34. The molecule has 0 radical (unpaired) electrons. The first-order valence-corrected chi connectivity index (χ1v) is 11.8. The minimum atomic E-state index is 0.891. The molecule has 2 nitrogen and oxygen atoms in total. The molecule has 0 bridgehead atoms. The largest absolute Gasteiger partial charge is 0.456 e. The van der Waals surface area contributed by atoms with E-state index < -0.39 is 0 Å². The number of anilines is 2. The molecule has 156 valence electrons. The van der Waals surface area contributed by atoms with Crippen molar-refractivity contribution in [2.24, 2.45) is 0 Å². The molecule has 0 aliphatic heterocycles. The highest BCUT2D eigenvalue weighted by Crippen LogP contribution is 2.42. The molecule has 0 saturated heterocycles. The van der Waals surface area contributed by atoms with Crippen LogP contribution in [0.25, 0.3) is 53.2 Å². The molecular weight excluding hydrogens is 422 g/mol. The molecule has 0 aliphatic rings. The van der Waals surface area contributed by atoms with Crippen molar-refractivity contribution in [2.45, 2.75) is 0 Å². The second kappa shape index (κ2) is 7.22. The predicted octanol–water partition coefficient (Wildman–Crippen LogP) is 9.36. The molecule has 5 aromatic carbocycles. The lowest BCUT2D eigenvalue weighted by atomic mass is 10.0. The van der Waals surface area contributed by atoms with Crippen molar-refractivity contribution >= 4 is 64.8 Å². The van der Waals surface area contributed by atoms with Crippen LogP contribution in [0.3, 0.4) is 0 Å². The van der Waals surface area contributed by atoms with Crippen molar-refractivity contribution in [3.8, 4) is 11.1 Å². The van der Waals surface area contributed by atoms with Gasteiger partial charge in [-0.15, -0.1) is 11.3 Å². The predicted molar refractivity (Wildman–Crippen MR) is 142 cm³/mol. The van der Waals surface area contributed by atoms with E-state index in [0.29, 0.717) is 0 Å². The molecule has 0 fully saturated rings. The first kappa shape index (κ1) is 18.5. The van der Waals surface area contributed by atoms with Crippen LogP contribution in [0.2, 0.25) is 0 Å². The van der Waals surface area contributed by atoms with Crippen LogP contribution in [-0.2, 0) is 0 Å². The van der Waals surface area contributed by atoms with Gasteiger partial charge in [0.15, 0.2) is 0 Å². The molecule has 0 atom stereocenters. The molecule has 2 heterocycles. The Kier molecular flexibility index (Phi) is 4.05. The van der Waals surface area contributed by atoms with Gasteiger partial charge in [0.25, 0.3) is 0 Å². The maximum atomic E-state index is 6.23. The van der Waals surface area contributed by atoms with Gasteiger partial charge in [0.1, 0.15) is 11.2 Å². The van der Waals surface area contributed by atoms with E-state index in [9.17, 15) is 0 Å². The fourth-order valence-corrected chi connectivity index (χ4v) is 5.90. The molecule has 0 spiro atoms. The van der Waals surface area contributed by atoms with Gasteiger partial charge in [-0.1, -0.05) is 66.7 Å². The number of nitrogens with one attached hydrogen (secondary N) is 1. The lowest BCUT2D eigenvalue weighted by Gasteiger charge is -2.10. The zero-order valence-corrected chi connectivity index (χ0v) is 18.5. The number of fused-ring (bicyclic) bond motifs is 6. The van der Waals surface area contributed by atoms with Crippen LogP contribution >= 0.6 is 11.3 Å². The summed E-state index contributed by atoms with van der Waals surface area (Å²) >= 11 is 1.84. The highest BCUT2D eigenvalue weighted by molar-refractivity contribution is 7.25. The van der Waals surface area contributed by atoms with Crippen LogP contribution in [0.1, 0.15) is 0 Å². The maximum absolute atomic E-state index is 6.23. The van der Waals surface area contributed by atoms with Crippen molar-refractivity contribution in [3.05, 3.63) is 109 Å². The molecule has 7 rings (SSSR count). The van der Waals surface area contributed by atoms with Gasteiger partial charge in [0, 0.05) is 31.2 Å². The average Bonchev–Trinajstić information content (AvgIpc) is 3.43. The van der Waals surface area contributed by atoms with E-state index in [2.05, 4.69) is 102 Å². The smallest absolute Gasteiger partial charge is 0.137 e. The highest BCUT2D eigenvalue weighted by Gasteiger charge is 2.14. The molecule has 7 aromatic rings. The summed E-state index contributed by atoms with van der Waals surface area (Å²) in [4.78, 5) is 0. The quantitative estimate of drug-likeness (QED) is 0.295. The summed E-state index contributed by atoms with van der Waals surface area (Å²) in [5, 5.41) is 8.55. The summed E-state index contributed by atoms with van der Waals surface area (Å²) < 4.78 is 8.82. The Bertz CT molecular complexity index is 1790. The van der Waals surface area contributed by atoms with E-state index in [1.807, 2.05) is 23.5 Å². The third kappa shape index (κ3) is 2.94. The summed E-state index contributed by atoms with van der Waals surface area (Å²) in [5.41, 5.74) is 6.35. The van der Waals surface area contributed by atoms with E-state index in [4.69, 9.17) is 4.42 Å². The summed E-state index contributed by atoms with van der Waals surface area (Å²) in [6.45, 7) is 0. The molecule has 1 N–H and O–H groups in total. The number of furan rings is 1. The van der Waals surface area contributed by atoms with Crippen LogP contribution in [0, 0.1) is 0 Å². The minimum Gasteiger partial charge on any atom is -0.456 e. The number of hydrogen-bond donors (Lipinski definition) is 1. The van der Waals surface area contributed by atoms with Crippen LogP contribution in [0.4, 0.5) is 11.4 Å². The zero-order chi connectivity index (χ0) is 21.8. The Morgan fingerprint density at radius 1 is 0.515 bits per heavy atom. The van der Waals surface area contributed by atoms with Gasteiger partial charge in [-0.3, -0.25) is 0 Å². The van der Waals surface area contributed by atoms with Gasteiger partial charge in [0.2, 0.25) is 0 Å². The Balaban J connectivity index is 1.44. The number of thiophene rings is 1. The van der Waals surface area contributed by atoms with Crippen LogP contribution in [0.15, 0.2) is 114 Å². The summed E-state index contributed by atoms with van der Waals surface area (Å²) in [7, 11) is 0. The highest BCUT2D eigenvalue weighted by atomic mass is 32.1. The van der Waals surface area contributed by atoms with Gasteiger partial charge in [-0.25, -0.2) is 0 Å². The van der Waals surface area contributed by atoms with Crippen molar-refractivity contribution in [1.29, 1.82) is 0 Å². The van der Waals surface area contributed by atoms with Crippen molar-refractivity contribution in [1.82, 2.24) is 0 Å². The third-order valence-electron chi connectivity index (χ3n) is 6.27. The maximum Gasteiger partial charge on any atom is 0.137 e. The van der Waals surface area contributed by atoms with Crippen LogP contribution < -0.4 is 5.32 Å². The summed E-state index contributed by atoms with van der Waals surface area (Å²) in [6, 6.07) is 38.3. The lowest BCUT2D eigenvalue weighted by molar-refractivity contribution is 0.669. The molecule has 0 amide bonds. The molecule has 0 unspecified atom stereocenters. The Morgan fingerprint density at radius 3 is 2.18 bits per heavy atom. The first-order chi connectivity index (χ1) is 16.3.